The maximum atomic E-state index is 12.7. The molecule has 0 spiro atoms. The van der Waals surface area contributed by atoms with E-state index in [0.717, 1.165) is 17.7 Å². The van der Waals surface area contributed by atoms with Crippen LogP contribution in [0, 0.1) is 11.3 Å². The molecule has 0 aliphatic rings. The van der Waals surface area contributed by atoms with Gasteiger partial charge >= 0.3 is 6.18 Å². The number of halogens is 3. The zero-order valence-electron chi connectivity index (χ0n) is 12.7. The van der Waals surface area contributed by atoms with E-state index in [0.29, 0.717) is 11.3 Å². The number of nitriles is 1. The summed E-state index contributed by atoms with van der Waals surface area (Å²) in [6, 6.07) is 11.5. The molecule has 0 heterocycles. The van der Waals surface area contributed by atoms with Gasteiger partial charge in [-0.1, -0.05) is 12.1 Å². The van der Waals surface area contributed by atoms with Gasteiger partial charge in [-0.15, -0.1) is 0 Å². The fraction of sp³-hybridized carbons (Fsp3) is 0.176. The highest BCUT2D eigenvalue weighted by molar-refractivity contribution is 5.94. The summed E-state index contributed by atoms with van der Waals surface area (Å²) in [7, 11) is 1.52. The summed E-state index contributed by atoms with van der Waals surface area (Å²) in [6.45, 7) is 0.269. The largest absolute Gasteiger partial charge is 0.416 e. The van der Waals surface area contributed by atoms with E-state index in [1.54, 1.807) is 30.3 Å². The first kappa shape index (κ1) is 17.3. The first-order valence-electron chi connectivity index (χ1n) is 7.01. The van der Waals surface area contributed by atoms with E-state index in [2.05, 4.69) is 10.6 Å². The molecule has 24 heavy (non-hydrogen) atoms. The molecule has 0 radical (unpaired) electrons. The number of carbonyl (C=O) groups is 1. The van der Waals surface area contributed by atoms with Crippen LogP contribution in [0.4, 0.5) is 18.9 Å². The standard InChI is InChI=1S/C17H14F3N3O/c1-22-16(24)12-4-2-3-11(7-12)10-23-15-6-5-14(17(18,19)20)8-13(15)9-21/h2-8,23H,10H2,1H3,(H,22,24). The van der Waals surface area contributed by atoms with Crippen LogP contribution in [0.15, 0.2) is 42.5 Å². The number of hydrogen-bond donors (Lipinski definition) is 2. The normalized spacial score (nSPS) is 10.8. The fourth-order valence-corrected chi connectivity index (χ4v) is 2.13. The minimum absolute atomic E-state index is 0.0905. The molecule has 2 rings (SSSR count). The quantitative estimate of drug-likeness (QED) is 0.899. The van der Waals surface area contributed by atoms with Gasteiger partial charge in [0.25, 0.3) is 5.91 Å². The van der Waals surface area contributed by atoms with Crippen LogP contribution >= 0.6 is 0 Å². The maximum Gasteiger partial charge on any atom is 0.416 e. The molecule has 0 bridgehead atoms. The Morgan fingerprint density at radius 1 is 1.21 bits per heavy atom. The van der Waals surface area contributed by atoms with Gasteiger partial charge in [-0.25, -0.2) is 0 Å². The topological polar surface area (TPSA) is 64.9 Å². The summed E-state index contributed by atoms with van der Waals surface area (Å²) >= 11 is 0. The molecule has 124 valence electrons. The summed E-state index contributed by atoms with van der Waals surface area (Å²) < 4.78 is 38.0. The number of amides is 1. The fourth-order valence-electron chi connectivity index (χ4n) is 2.13. The van der Waals surface area contributed by atoms with Crippen LogP contribution in [0.5, 0.6) is 0 Å². The number of nitrogens with zero attached hydrogens (tertiary/aromatic N) is 1. The summed E-state index contributed by atoms with van der Waals surface area (Å²) in [5.41, 5.74) is 0.582. The molecular formula is C17H14F3N3O. The molecule has 2 N–H and O–H groups in total. The second-order valence-electron chi connectivity index (χ2n) is 5.00. The zero-order valence-corrected chi connectivity index (χ0v) is 12.7. The molecule has 0 fully saturated rings. The van der Waals surface area contributed by atoms with Crippen molar-refractivity contribution in [2.24, 2.45) is 0 Å². The lowest BCUT2D eigenvalue weighted by Crippen LogP contribution is -2.18. The highest BCUT2D eigenvalue weighted by Gasteiger charge is 2.31. The Kier molecular flexibility index (Phi) is 5.09. The van der Waals surface area contributed by atoms with Crippen LogP contribution in [0.1, 0.15) is 27.0 Å². The average Bonchev–Trinajstić information content (AvgIpc) is 2.58. The molecule has 0 saturated carbocycles. The van der Waals surface area contributed by atoms with Gasteiger partial charge in [0.2, 0.25) is 0 Å². The van der Waals surface area contributed by atoms with Crippen LogP contribution in [0.2, 0.25) is 0 Å². The van der Waals surface area contributed by atoms with E-state index in [-0.39, 0.29) is 18.0 Å². The van der Waals surface area contributed by atoms with E-state index in [9.17, 15) is 18.0 Å². The molecule has 4 nitrogen and oxygen atoms in total. The predicted octanol–water partition coefficient (Wildman–Crippen LogP) is 3.55. The number of nitrogens with one attached hydrogen (secondary N) is 2. The number of hydrogen-bond acceptors (Lipinski definition) is 3. The first-order valence-corrected chi connectivity index (χ1v) is 7.01. The van der Waals surface area contributed by atoms with Crippen molar-refractivity contribution in [3.05, 3.63) is 64.7 Å². The van der Waals surface area contributed by atoms with Gasteiger partial charge in [0, 0.05) is 19.2 Å². The molecule has 2 aromatic carbocycles. The second-order valence-corrected chi connectivity index (χ2v) is 5.00. The third-order valence-electron chi connectivity index (χ3n) is 3.37. The molecule has 1 amide bonds. The van der Waals surface area contributed by atoms with Crippen LogP contribution < -0.4 is 10.6 Å². The van der Waals surface area contributed by atoms with E-state index in [4.69, 9.17) is 5.26 Å². The molecule has 0 saturated heterocycles. The Morgan fingerprint density at radius 2 is 1.96 bits per heavy atom. The average molecular weight is 333 g/mol. The lowest BCUT2D eigenvalue weighted by Gasteiger charge is -2.12. The van der Waals surface area contributed by atoms with E-state index >= 15 is 0 Å². The Bertz CT molecular complexity index is 794. The van der Waals surface area contributed by atoms with E-state index in [1.807, 2.05) is 0 Å². The van der Waals surface area contributed by atoms with Gasteiger partial charge < -0.3 is 10.6 Å². The smallest absolute Gasteiger partial charge is 0.380 e. The summed E-state index contributed by atoms with van der Waals surface area (Å²) in [5, 5.41) is 14.5. The number of anilines is 1. The van der Waals surface area contributed by atoms with Gasteiger partial charge in [0.1, 0.15) is 6.07 Å². The molecule has 0 aliphatic carbocycles. The van der Waals surface area contributed by atoms with Crippen molar-refractivity contribution in [2.75, 3.05) is 12.4 Å². The van der Waals surface area contributed by atoms with Crippen molar-refractivity contribution in [1.82, 2.24) is 5.32 Å². The van der Waals surface area contributed by atoms with Crippen LogP contribution in [-0.2, 0) is 12.7 Å². The SMILES string of the molecule is CNC(=O)c1cccc(CNc2ccc(C(F)(F)F)cc2C#N)c1. The Balaban J connectivity index is 2.18. The lowest BCUT2D eigenvalue weighted by atomic mass is 10.1. The highest BCUT2D eigenvalue weighted by atomic mass is 19.4. The van der Waals surface area contributed by atoms with Crippen LogP contribution in [-0.4, -0.2) is 13.0 Å². The number of carbonyl (C=O) groups excluding carboxylic acids is 1. The number of rotatable bonds is 4. The summed E-state index contributed by atoms with van der Waals surface area (Å²) in [4.78, 5) is 11.6. The van der Waals surface area contributed by atoms with E-state index < -0.39 is 11.7 Å². The predicted molar refractivity (Wildman–Crippen MR) is 83.3 cm³/mol. The number of benzene rings is 2. The highest BCUT2D eigenvalue weighted by Crippen LogP contribution is 2.31. The van der Waals surface area contributed by atoms with Gasteiger partial charge in [0.15, 0.2) is 0 Å². The van der Waals surface area contributed by atoms with Gasteiger partial charge in [-0.3, -0.25) is 4.79 Å². The molecule has 0 aliphatic heterocycles. The van der Waals surface area contributed by atoms with Crippen molar-refractivity contribution in [3.8, 4) is 6.07 Å². The second kappa shape index (κ2) is 7.04. The molecule has 0 atom stereocenters. The van der Waals surface area contributed by atoms with E-state index in [1.165, 1.54) is 13.1 Å². The van der Waals surface area contributed by atoms with Crippen molar-refractivity contribution < 1.29 is 18.0 Å². The van der Waals surface area contributed by atoms with Crippen molar-refractivity contribution >= 4 is 11.6 Å². The molecule has 0 unspecified atom stereocenters. The third-order valence-corrected chi connectivity index (χ3v) is 3.37. The number of alkyl halides is 3. The van der Waals surface area contributed by atoms with Crippen molar-refractivity contribution in [3.63, 3.8) is 0 Å². The van der Waals surface area contributed by atoms with Gasteiger partial charge in [0.05, 0.1) is 16.8 Å². The van der Waals surface area contributed by atoms with Crippen LogP contribution in [0.25, 0.3) is 0 Å². The maximum absolute atomic E-state index is 12.7. The molecular weight excluding hydrogens is 319 g/mol. The molecule has 0 aromatic heterocycles. The Morgan fingerprint density at radius 3 is 2.58 bits per heavy atom. The molecule has 2 aromatic rings. The summed E-state index contributed by atoms with van der Waals surface area (Å²) in [6.07, 6.45) is -4.49. The summed E-state index contributed by atoms with van der Waals surface area (Å²) in [5.74, 6) is -0.232. The minimum atomic E-state index is -4.49. The third kappa shape index (κ3) is 4.04. The minimum Gasteiger partial charge on any atom is -0.380 e. The van der Waals surface area contributed by atoms with Crippen molar-refractivity contribution in [1.29, 1.82) is 5.26 Å². The first-order chi connectivity index (χ1) is 11.3. The Hall–Kier alpha value is -3.01. The Labute approximate surface area is 136 Å². The lowest BCUT2D eigenvalue weighted by molar-refractivity contribution is -0.137. The van der Waals surface area contributed by atoms with Gasteiger partial charge in [-0.2, -0.15) is 18.4 Å². The van der Waals surface area contributed by atoms with Crippen LogP contribution in [0.3, 0.4) is 0 Å². The zero-order chi connectivity index (χ0) is 17.7. The monoisotopic (exact) mass is 333 g/mol. The van der Waals surface area contributed by atoms with Gasteiger partial charge in [-0.05, 0) is 35.9 Å². The molecule has 7 heteroatoms. The van der Waals surface area contributed by atoms with Crippen molar-refractivity contribution in [2.45, 2.75) is 12.7 Å².